The molecule has 9 nitrogen and oxygen atoms in total. The molecule has 0 saturated heterocycles. The molecule has 2 amide bonds. The van der Waals surface area contributed by atoms with E-state index in [9.17, 15) is 9.59 Å². The number of fused-ring (bicyclic) bond motifs is 1. The summed E-state index contributed by atoms with van der Waals surface area (Å²) >= 11 is 0. The van der Waals surface area contributed by atoms with E-state index in [-0.39, 0.29) is 24.3 Å². The zero-order chi connectivity index (χ0) is 16.4. The molecule has 1 aliphatic rings. The minimum absolute atomic E-state index is 0.0287. The van der Waals surface area contributed by atoms with Crippen molar-refractivity contribution in [3.05, 3.63) is 29.7 Å². The second-order valence-corrected chi connectivity index (χ2v) is 5.57. The smallest absolute Gasteiger partial charge is 0.242 e. The average molecular weight is 318 g/mol. The van der Waals surface area contributed by atoms with Crippen molar-refractivity contribution in [2.24, 2.45) is 0 Å². The summed E-state index contributed by atoms with van der Waals surface area (Å²) < 4.78 is 7.11. The van der Waals surface area contributed by atoms with Crippen molar-refractivity contribution in [2.75, 3.05) is 13.1 Å². The van der Waals surface area contributed by atoms with Gasteiger partial charge in [0.05, 0.1) is 31.2 Å². The molecule has 2 aromatic rings. The molecule has 0 aliphatic carbocycles. The molecule has 1 N–H and O–H groups in total. The SMILES string of the molecule is CC(=O)NCC(=O)N1Cc2ccnn2C[C@@H](c2nc(C)no2)C1. The molecule has 9 heteroatoms. The summed E-state index contributed by atoms with van der Waals surface area (Å²) in [7, 11) is 0. The van der Waals surface area contributed by atoms with E-state index in [2.05, 4.69) is 20.6 Å². The number of hydrogen-bond acceptors (Lipinski definition) is 6. The van der Waals surface area contributed by atoms with Crippen LogP contribution in [0.1, 0.15) is 30.3 Å². The normalized spacial score (nSPS) is 17.5. The topological polar surface area (TPSA) is 106 Å². The van der Waals surface area contributed by atoms with Gasteiger partial charge in [0.25, 0.3) is 0 Å². The van der Waals surface area contributed by atoms with Gasteiger partial charge in [-0.25, -0.2) is 0 Å². The Morgan fingerprint density at radius 1 is 1.43 bits per heavy atom. The first-order valence-electron chi connectivity index (χ1n) is 7.36. The highest BCUT2D eigenvalue weighted by Crippen LogP contribution is 2.23. The maximum Gasteiger partial charge on any atom is 0.242 e. The highest BCUT2D eigenvalue weighted by atomic mass is 16.5. The van der Waals surface area contributed by atoms with Gasteiger partial charge in [-0.1, -0.05) is 5.16 Å². The van der Waals surface area contributed by atoms with Crippen LogP contribution in [-0.2, 0) is 22.7 Å². The minimum atomic E-state index is -0.234. The van der Waals surface area contributed by atoms with Crippen LogP contribution >= 0.6 is 0 Å². The molecular formula is C14H18N6O3. The van der Waals surface area contributed by atoms with E-state index in [0.29, 0.717) is 31.3 Å². The van der Waals surface area contributed by atoms with Gasteiger partial charge in [0, 0.05) is 19.7 Å². The van der Waals surface area contributed by atoms with E-state index in [0.717, 1.165) is 5.69 Å². The zero-order valence-corrected chi connectivity index (χ0v) is 13.0. The maximum absolute atomic E-state index is 12.4. The van der Waals surface area contributed by atoms with Crippen molar-refractivity contribution in [1.82, 2.24) is 30.1 Å². The number of aryl methyl sites for hydroxylation is 1. The Morgan fingerprint density at radius 3 is 2.96 bits per heavy atom. The Morgan fingerprint density at radius 2 is 2.26 bits per heavy atom. The molecule has 0 aromatic carbocycles. The molecule has 1 atom stereocenters. The lowest BCUT2D eigenvalue weighted by molar-refractivity contribution is -0.133. The van der Waals surface area contributed by atoms with Crippen molar-refractivity contribution in [3.8, 4) is 0 Å². The van der Waals surface area contributed by atoms with Crippen LogP contribution in [0.3, 0.4) is 0 Å². The zero-order valence-electron chi connectivity index (χ0n) is 13.0. The summed E-state index contributed by atoms with van der Waals surface area (Å²) in [6, 6.07) is 1.88. The van der Waals surface area contributed by atoms with Crippen molar-refractivity contribution < 1.29 is 14.1 Å². The molecule has 0 fully saturated rings. The van der Waals surface area contributed by atoms with Crippen LogP contribution in [0.4, 0.5) is 0 Å². The lowest BCUT2D eigenvalue weighted by Gasteiger charge is -2.22. The van der Waals surface area contributed by atoms with Crippen molar-refractivity contribution in [1.29, 1.82) is 0 Å². The summed E-state index contributed by atoms with van der Waals surface area (Å²) in [6.07, 6.45) is 1.70. The first-order valence-corrected chi connectivity index (χ1v) is 7.36. The van der Waals surface area contributed by atoms with Gasteiger partial charge < -0.3 is 14.7 Å². The van der Waals surface area contributed by atoms with E-state index in [1.807, 2.05) is 10.7 Å². The summed E-state index contributed by atoms with van der Waals surface area (Å²) in [5.41, 5.74) is 0.930. The third-order valence-corrected chi connectivity index (χ3v) is 3.73. The quantitative estimate of drug-likeness (QED) is 0.842. The van der Waals surface area contributed by atoms with Gasteiger partial charge in [-0.05, 0) is 13.0 Å². The molecule has 3 rings (SSSR count). The molecule has 0 bridgehead atoms. The first-order chi connectivity index (χ1) is 11.0. The van der Waals surface area contributed by atoms with Crippen LogP contribution in [0.15, 0.2) is 16.8 Å². The van der Waals surface area contributed by atoms with Gasteiger partial charge in [0.2, 0.25) is 17.7 Å². The van der Waals surface area contributed by atoms with Crippen LogP contribution < -0.4 is 5.32 Å². The standard InChI is InChI=1S/C14H18N6O3/c1-9-17-14(23-18-9)11-6-19(13(22)5-15-10(2)21)8-12-3-4-16-20(12)7-11/h3-4,11H,5-8H2,1-2H3,(H,15,21)/t11-/m0/s1. The number of carbonyl (C=O) groups excluding carboxylic acids is 2. The fourth-order valence-corrected chi connectivity index (χ4v) is 2.59. The molecule has 0 radical (unpaired) electrons. The van der Waals surface area contributed by atoms with Gasteiger partial charge >= 0.3 is 0 Å². The second kappa shape index (κ2) is 6.19. The molecule has 122 valence electrons. The molecule has 1 aliphatic heterocycles. The van der Waals surface area contributed by atoms with Crippen molar-refractivity contribution in [3.63, 3.8) is 0 Å². The maximum atomic E-state index is 12.4. The monoisotopic (exact) mass is 318 g/mol. The Kier molecular flexibility index (Phi) is 4.09. The van der Waals surface area contributed by atoms with E-state index < -0.39 is 0 Å². The summed E-state index contributed by atoms with van der Waals surface area (Å²) in [5, 5.41) is 10.6. The minimum Gasteiger partial charge on any atom is -0.347 e. The molecular weight excluding hydrogens is 300 g/mol. The van der Waals surface area contributed by atoms with E-state index in [1.54, 1.807) is 18.0 Å². The number of nitrogens with one attached hydrogen (secondary N) is 1. The number of hydrogen-bond donors (Lipinski definition) is 1. The van der Waals surface area contributed by atoms with Gasteiger partial charge in [0.15, 0.2) is 5.82 Å². The number of nitrogens with zero attached hydrogens (tertiary/aromatic N) is 5. The number of carbonyl (C=O) groups is 2. The van der Waals surface area contributed by atoms with Gasteiger partial charge in [-0.3, -0.25) is 14.3 Å². The number of amides is 2. The lowest BCUT2D eigenvalue weighted by atomic mass is 10.1. The Labute approximate surface area is 132 Å². The van der Waals surface area contributed by atoms with E-state index in [4.69, 9.17) is 4.52 Å². The van der Waals surface area contributed by atoms with E-state index >= 15 is 0 Å². The fourth-order valence-electron chi connectivity index (χ4n) is 2.59. The fraction of sp³-hybridized carbons (Fsp3) is 0.500. The summed E-state index contributed by atoms with van der Waals surface area (Å²) in [5.74, 6) is 0.515. The molecule has 2 aromatic heterocycles. The summed E-state index contributed by atoms with van der Waals surface area (Å²) in [4.78, 5) is 29.4. The number of aromatic nitrogens is 4. The molecule has 0 unspecified atom stereocenters. The van der Waals surface area contributed by atoms with Crippen LogP contribution in [-0.4, -0.2) is 49.7 Å². The van der Waals surface area contributed by atoms with E-state index in [1.165, 1.54) is 6.92 Å². The van der Waals surface area contributed by atoms with Gasteiger partial charge in [0.1, 0.15) is 0 Å². The highest BCUT2D eigenvalue weighted by Gasteiger charge is 2.29. The van der Waals surface area contributed by atoms with Crippen molar-refractivity contribution >= 4 is 11.8 Å². The van der Waals surface area contributed by atoms with Crippen LogP contribution in [0.2, 0.25) is 0 Å². The predicted molar refractivity (Wildman–Crippen MR) is 78.1 cm³/mol. The molecule has 23 heavy (non-hydrogen) atoms. The van der Waals surface area contributed by atoms with Gasteiger partial charge in [-0.15, -0.1) is 0 Å². The molecule has 0 spiro atoms. The predicted octanol–water partition coefficient (Wildman–Crippen LogP) is -0.163. The Bertz CT molecular complexity index is 722. The third kappa shape index (κ3) is 3.38. The molecule has 3 heterocycles. The average Bonchev–Trinajstić information content (AvgIpc) is 3.08. The van der Waals surface area contributed by atoms with Crippen LogP contribution in [0.25, 0.3) is 0 Å². The lowest BCUT2D eigenvalue weighted by Crippen LogP contribution is -2.40. The van der Waals surface area contributed by atoms with Crippen molar-refractivity contribution in [2.45, 2.75) is 32.9 Å². The molecule has 0 saturated carbocycles. The highest BCUT2D eigenvalue weighted by molar-refractivity contribution is 5.83. The number of rotatable bonds is 3. The van der Waals surface area contributed by atoms with Gasteiger partial charge in [-0.2, -0.15) is 10.1 Å². The Balaban J connectivity index is 1.82. The van der Waals surface area contributed by atoms with Crippen LogP contribution in [0, 0.1) is 6.92 Å². The third-order valence-electron chi connectivity index (χ3n) is 3.73. The largest absolute Gasteiger partial charge is 0.347 e. The first kappa shape index (κ1) is 15.2. The second-order valence-electron chi connectivity index (χ2n) is 5.57. The Hall–Kier alpha value is -2.71. The van der Waals surface area contributed by atoms with Crippen LogP contribution in [0.5, 0.6) is 0 Å². The summed E-state index contributed by atoms with van der Waals surface area (Å²) in [6.45, 7) is 4.54.